The number of anilines is 2. The summed E-state index contributed by atoms with van der Waals surface area (Å²) in [7, 11) is 0. The van der Waals surface area contributed by atoms with Gasteiger partial charge in [-0.25, -0.2) is 4.98 Å². The molecule has 1 aliphatic rings. The molecule has 7 heteroatoms. The van der Waals surface area contributed by atoms with E-state index in [2.05, 4.69) is 16.9 Å². The Hall–Kier alpha value is -2.83. The van der Waals surface area contributed by atoms with Crippen LogP contribution < -0.4 is 10.2 Å². The van der Waals surface area contributed by atoms with E-state index in [9.17, 15) is 18.0 Å². The third kappa shape index (κ3) is 3.65. The fraction of sp³-hybridized carbons (Fsp3) is 0.222. The van der Waals surface area contributed by atoms with E-state index in [4.69, 9.17) is 0 Å². The van der Waals surface area contributed by atoms with Crippen LogP contribution in [0.5, 0.6) is 0 Å². The van der Waals surface area contributed by atoms with Gasteiger partial charge < -0.3 is 10.2 Å². The van der Waals surface area contributed by atoms with Gasteiger partial charge in [0.15, 0.2) is 0 Å². The highest BCUT2D eigenvalue weighted by atomic mass is 19.4. The molecule has 0 spiro atoms. The molecule has 3 rings (SSSR count). The van der Waals surface area contributed by atoms with Crippen molar-refractivity contribution < 1.29 is 18.0 Å². The summed E-state index contributed by atoms with van der Waals surface area (Å²) in [6.45, 7) is 3.87. The molecule has 0 saturated carbocycles. The van der Waals surface area contributed by atoms with Crippen molar-refractivity contribution >= 4 is 17.3 Å². The van der Waals surface area contributed by atoms with Gasteiger partial charge in [0, 0.05) is 12.2 Å². The van der Waals surface area contributed by atoms with Crippen molar-refractivity contribution in [2.45, 2.75) is 18.6 Å². The van der Waals surface area contributed by atoms with Crippen molar-refractivity contribution in [3.05, 3.63) is 66.5 Å². The molecule has 0 bridgehead atoms. The zero-order valence-electron chi connectivity index (χ0n) is 13.3. The zero-order valence-corrected chi connectivity index (χ0v) is 13.3. The van der Waals surface area contributed by atoms with Crippen LogP contribution in [0.1, 0.15) is 11.3 Å². The number of fused-ring (bicyclic) bond motifs is 1. The molecule has 1 N–H and O–H groups in total. The molecular formula is C18H16F3N3O. The van der Waals surface area contributed by atoms with Crippen LogP contribution >= 0.6 is 0 Å². The minimum absolute atomic E-state index is 0.178. The number of rotatable bonds is 3. The molecular weight excluding hydrogens is 331 g/mol. The van der Waals surface area contributed by atoms with E-state index in [-0.39, 0.29) is 11.9 Å². The van der Waals surface area contributed by atoms with Crippen LogP contribution in [0.4, 0.5) is 24.5 Å². The van der Waals surface area contributed by atoms with Crippen LogP contribution in [-0.4, -0.2) is 23.5 Å². The molecule has 1 unspecified atom stereocenters. The number of amides is 1. The Labute approximate surface area is 143 Å². The number of pyridine rings is 1. The van der Waals surface area contributed by atoms with Crippen molar-refractivity contribution in [1.82, 2.24) is 10.3 Å². The summed E-state index contributed by atoms with van der Waals surface area (Å²) in [6.07, 6.45) is -1.43. The van der Waals surface area contributed by atoms with E-state index in [1.807, 2.05) is 29.2 Å². The van der Waals surface area contributed by atoms with Crippen molar-refractivity contribution in [3.63, 3.8) is 0 Å². The molecule has 25 heavy (non-hydrogen) atoms. The first-order valence-corrected chi connectivity index (χ1v) is 7.70. The number of aromatic nitrogens is 1. The van der Waals surface area contributed by atoms with Crippen molar-refractivity contribution in [2.24, 2.45) is 0 Å². The summed E-state index contributed by atoms with van der Waals surface area (Å²) >= 11 is 0. The molecule has 1 amide bonds. The van der Waals surface area contributed by atoms with Gasteiger partial charge in [-0.15, -0.1) is 0 Å². The first kappa shape index (κ1) is 17.0. The lowest BCUT2D eigenvalue weighted by molar-refractivity contribution is -0.141. The normalized spacial score (nSPS) is 16.9. The molecule has 1 aromatic carbocycles. The van der Waals surface area contributed by atoms with E-state index < -0.39 is 11.9 Å². The molecule has 1 aliphatic heterocycles. The molecule has 1 aromatic heterocycles. The van der Waals surface area contributed by atoms with E-state index in [0.717, 1.165) is 17.3 Å². The summed E-state index contributed by atoms with van der Waals surface area (Å²) in [5.41, 5.74) is 1.51. The highest BCUT2D eigenvalue weighted by Gasteiger charge is 2.33. The van der Waals surface area contributed by atoms with Gasteiger partial charge in [0.2, 0.25) is 5.91 Å². The number of carbonyl (C=O) groups is 1. The Morgan fingerprint density at radius 1 is 1.28 bits per heavy atom. The van der Waals surface area contributed by atoms with Gasteiger partial charge in [-0.1, -0.05) is 24.8 Å². The standard InChI is InChI=1S/C18H16F3N3O/c1-2-17(25)23-13-9-12-5-3-4-6-15(12)24(11-13)14-7-8-16(22-10-14)18(19,20)21/h2-8,10,13H,1,9,11H2,(H,23,25). The number of alkyl halides is 3. The van der Waals surface area contributed by atoms with Gasteiger partial charge in [0.1, 0.15) is 5.69 Å². The molecule has 130 valence electrons. The molecule has 1 atom stereocenters. The van der Waals surface area contributed by atoms with E-state index in [1.54, 1.807) is 0 Å². The van der Waals surface area contributed by atoms with Gasteiger partial charge in [0.25, 0.3) is 0 Å². The Morgan fingerprint density at radius 3 is 2.68 bits per heavy atom. The van der Waals surface area contributed by atoms with Crippen LogP contribution in [0.15, 0.2) is 55.3 Å². The quantitative estimate of drug-likeness (QED) is 0.865. The average molecular weight is 347 g/mol. The highest BCUT2D eigenvalue weighted by molar-refractivity contribution is 5.87. The first-order valence-electron chi connectivity index (χ1n) is 7.70. The van der Waals surface area contributed by atoms with Crippen LogP contribution in [0.2, 0.25) is 0 Å². The maximum Gasteiger partial charge on any atom is 0.433 e. The maximum absolute atomic E-state index is 12.7. The van der Waals surface area contributed by atoms with Gasteiger partial charge in [0.05, 0.1) is 17.9 Å². The minimum Gasteiger partial charge on any atom is -0.348 e. The number of hydrogen-bond acceptors (Lipinski definition) is 3. The number of nitrogens with one attached hydrogen (secondary N) is 1. The van der Waals surface area contributed by atoms with Gasteiger partial charge >= 0.3 is 6.18 Å². The van der Waals surface area contributed by atoms with E-state index in [0.29, 0.717) is 18.7 Å². The molecule has 0 aliphatic carbocycles. The van der Waals surface area contributed by atoms with Crippen LogP contribution in [0.3, 0.4) is 0 Å². The Morgan fingerprint density at radius 2 is 2.04 bits per heavy atom. The number of benzene rings is 1. The molecule has 0 saturated heterocycles. The summed E-state index contributed by atoms with van der Waals surface area (Å²) in [6, 6.07) is 9.77. The average Bonchev–Trinajstić information content (AvgIpc) is 2.60. The van der Waals surface area contributed by atoms with Gasteiger partial charge in [-0.2, -0.15) is 13.2 Å². The smallest absolute Gasteiger partial charge is 0.348 e. The second-order valence-corrected chi connectivity index (χ2v) is 5.75. The number of carbonyl (C=O) groups excluding carboxylic acids is 1. The molecule has 4 nitrogen and oxygen atoms in total. The molecule has 0 radical (unpaired) electrons. The second-order valence-electron chi connectivity index (χ2n) is 5.75. The minimum atomic E-state index is -4.47. The highest BCUT2D eigenvalue weighted by Crippen LogP contribution is 2.34. The van der Waals surface area contributed by atoms with Crippen molar-refractivity contribution in [1.29, 1.82) is 0 Å². The molecule has 0 fully saturated rings. The van der Waals surface area contributed by atoms with Gasteiger partial charge in [-0.05, 0) is 36.3 Å². The predicted octanol–water partition coefficient (Wildman–Crippen LogP) is 3.47. The zero-order chi connectivity index (χ0) is 18.0. The monoisotopic (exact) mass is 347 g/mol. The van der Waals surface area contributed by atoms with Crippen LogP contribution in [0, 0.1) is 0 Å². The predicted molar refractivity (Wildman–Crippen MR) is 88.5 cm³/mol. The lowest BCUT2D eigenvalue weighted by atomic mass is 9.97. The summed E-state index contributed by atoms with van der Waals surface area (Å²) < 4.78 is 38.1. The summed E-state index contributed by atoms with van der Waals surface area (Å²) in [4.78, 5) is 17.0. The van der Waals surface area contributed by atoms with E-state index in [1.165, 1.54) is 18.3 Å². The number of halogens is 3. The molecule has 2 aromatic rings. The van der Waals surface area contributed by atoms with Crippen molar-refractivity contribution in [2.75, 3.05) is 11.4 Å². The Bertz CT molecular complexity index is 787. The lowest BCUT2D eigenvalue weighted by Crippen LogP contribution is -2.46. The summed E-state index contributed by atoms with van der Waals surface area (Å²) in [5.74, 6) is -0.283. The topological polar surface area (TPSA) is 45.2 Å². The SMILES string of the molecule is C=CC(=O)NC1Cc2ccccc2N(c2ccc(C(F)(F)F)nc2)C1. The molecule has 2 heterocycles. The largest absolute Gasteiger partial charge is 0.433 e. The van der Waals surface area contributed by atoms with E-state index >= 15 is 0 Å². The Kier molecular flexibility index (Phi) is 4.48. The van der Waals surface area contributed by atoms with Crippen molar-refractivity contribution in [3.8, 4) is 0 Å². The maximum atomic E-state index is 12.7. The third-order valence-electron chi connectivity index (χ3n) is 4.03. The van der Waals surface area contributed by atoms with Gasteiger partial charge in [-0.3, -0.25) is 4.79 Å². The first-order chi connectivity index (χ1) is 11.9. The lowest BCUT2D eigenvalue weighted by Gasteiger charge is -2.36. The summed E-state index contributed by atoms with van der Waals surface area (Å²) in [5, 5.41) is 2.85. The fourth-order valence-corrected chi connectivity index (χ4v) is 2.91. The fourth-order valence-electron chi connectivity index (χ4n) is 2.91. The van der Waals surface area contributed by atoms with Crippen LogP contribution in [0.25, 0.3) is 0 Å². The number of nitrogens with zero attached hydrogens (tertiary/aromatic N) is 2. The Balaban J connectivity index is 1.93. The number of para-hydroxylation sites is 1. The number of hydrogen-bond donors (Lipinski definition) is 1. The van der Waals surface area contributed by atoms with Crippen LogP contribution in [-0.2, 0) is 17.4 Å². The third-order valence-corrected chi connectivity index (χ3v) is 4.03. The second kappa shape index (κ2) is 6.58.